The molecule has 1 heteroatoms. The normalized spacial score (nSPS) is 19.9. The molecule has 38 heavy (non-hydrogen) atoms. The predicted molar refractivity (Wildman–Crippen MR) is 173 cm³/mol. The third kappa shape index (κ3) is 9.88. The minimum atomic E-state index is -0.0111. The first-order chi connectivity index (χ1) is 18.4. The molecule has 0 bridgehead atoms. The van der Waals surface area contributed by atoms with Gasteiger partial charge in [-0.2, -0.15) is 0 Å². The zero-order valence-corrected chi connectivity index (χ0v) is 25.9. The van der Waals surface area contributed by atoms with E-state index in [2.05, 4.69) is 71.7 Å². The number of allylic oxidation sites excluding steroid dienone is 4. The molecule has 0 aliphatic heterocycles. The molecule has 0 amide bonds. The highest BCUT2D eigenvalue weighted by Crippen LogP contribution is 2.33. The molecule has 3 rings (SSSR count). The van der Waals surface area contributed by atoms with Crippen molar-refractivity contribution in [1.82, 2.24) is 0 Å². The number of aryl methyl sites for hydroxylation is 2. The molecule has 2 N–H and O–H groups in total. The molecule has 0 aromatic heterocycles. The number of rotatable bonds is 12. The number of fused-ring (bicyclic) bond motifs is 1. The Morgan fingerprint density at radius 1 is 1.03 bits per heavy atom. The largest absolute Gasteiger partial charge is 0.323 e. The van der Waals surface area contributed by atoms with Crippen LogP contribution in [0.5, 0.6) is 0 Å². The Kier molecular flexibility index (Phi) is 17.0. The molecule has 3 unspecified atom stereocenters. The van der Waals surface area contributed by atoms with Crippen LogP contribution >= 0.6 is 0 Å². The van der Waals surface area contributed by atoms with Crippen LogP contribution in [0.4, 0.5) is 0 Å². The average molecular weight is 518 g/mol. The summed E-state index contributed by atoms with van der Waals surface area (Å²) >= 11 is 0. The third-order valence-corrected chi connectivity index (χ3v) is 7.74. The van der Waals surface area contributed by atoms with E-state index in [0.717, 1.165) is 24.3 Å². The monoisotopic (exact) mass is 517 g/mol. The molecule has 3 atom stereocenters. The number of hydrogen-bond donors (Lipinski definition) is 1. The van der Waals surface area contributed by atoms with Gasteiger partial charge in [0.1, 0.15) is 0 Å². The highest BCUT2D eigenvalue weighted by atomic mass is 14.7. The molecule has 0 spiro atoms. The minimum Gasteiger partial charge on any atom is -0.323 e. The molecule has 0 radical (unpaired) electrons. The quantitative estimate of drug-likeness (QED) is 0.166. The van der Waals surface area contributed by atoms with Gasteiger partial charge in [-0.25, -0.2) is 0 Å². The fraction of sp³-hybridized carbons (Fsp3) is 0.568. The van der Waals surface area contributed by atoms with Crippen LogP contribution in [0, 0.1) is 11.8 Å². The van der Waals surface area contributed by atoms with E-state index in [1.54, 1.807) is 22.3 Å². The van der Waals surface area contributed by atoms with Gasteiger partial charge in [-0.3, -0.25) is 0 Å². The van der Waals surface area contributed by atoms with Crippen LogP contribution in [0.15, 0.2) is 72.9 Å². The van der Waals surface area contributed by atoms with Gasteiger partial charge >= 0.3 is 0 Å². The topological polar surface area (TPSA) is 26.0 Å². The van der Waals surface area contributed by atoms with Gasteiger partial charge in [-0.1, -0.05) is 110 Å². The SMILES string of the molecule is C=CCC1=C(CCCCCc2ccc3c(c2CCC)CC(C)CC3)C=CC(C(=C)C=C)C1N.CC.CCC. The maximum atomic E-state index is 6.63. The van der Waals surface area contributed by atoms with Crippen molar-refractivity contribution in [2.24, 2.45) is 17.6 Å². The molecule has 1 aromatic carbocycles. The van der Waals surface area contributed by atoms with Crippen LogP contribution < -0.4 is 5.73 Å². The van der Waals surface area contributed by atoms with Crippen molar-refractivity contribution in [3.63, 3.8) is 0 Å². The first-order valence-corrected chi connectivity index (χ1v) is 15.6. The lowest BCUT2D eigenvalue weighted by Crippen LogP contribution is -2.34. The summed E-state index contributed by atoms with van der Waals surface area (Å²) < 4.78 is 0. The Bertz CT molecular complexity index is 928. The Hall–Kier alpha value is -2.12. The van der Waals surface area contributed by atoms with Gasteiger partial charge < -0.3 is 5.73 Å². The molecular weight excluding hydrogens is 458 g/mol. The van der Waals surface area contributed by atoms with E-state index in [4.69, 9.17) is 5.73 Å². The lowest BCUT2D eigenvalue weighted by atomic mass is 9.78. The maximum absolute atomic E-state index is 6.63. The van der Waals surface area contributed by atoms with Crippen molar-refractivity contribution in [3.8, 4) is 0 Å². The smallest absolute Gasteiger partial charge is 0.0367 e. The number of benzene rings is 1. The molecular formula is C37H59N. The minimum absolute atomic E-state index is 0.0111. The van der Waals surface area contributed by atoms with Crippen LogP contribution in [-0.2, 0) is 25.7 Å². The summed E-state index contributed by atoms with van der Waals surface area (Å²) in [7, 11) is 0. The van der Waals surface area contributed by atoms with E-state index < -0.39 is 0 Å². The van der Waals surface area contributed by atoms with E-state index in [-0.39, 0.29) is 12.0 Å². The molecule has 212 valence electrons. The molecule has 0 fully saturated rings. The summed E-state index contributed by atoms with van der Waals surface area (Å²) in [5.41, 5.74) is 17.0. The van der Waals surface area contributed by atoms with Crippen molar-refractivity contribution in [3.05, 3.63) is 95.1 Å². The van der Waals surface area contributed by atoms with Gasteiger partial charge in [-0.05, 0) is 103 Å². The molecule has 1 nitrogen and oxygen atoms in total. The van der Waals surface area contributed by atoms with Crippen molar-refractivity contribution < 1.29 is 0 Å². The van der Waals surface area contributed by atoms with Gasteiger partial charge in [-0.15, -0.1) is 6.58 Å². The first kappa shape index (κ1) is 33.9. The highest BCUT2D eigenvalue weighted by molar-refractivity contribution is 5.43. The molecule has 2 aliphatic carbocycles. The summed E-state index contributed by atoms with van der Waals surface area (Å²) in [6.45, 7) is 25.0. The second-order valence-electron chi connectivity index (χ2n) is 10.9. The Morgan fingerprint density at radius 2 is 1.71 bits per heavy atom. The third-order valence-electron chi connectivity index (χ3n) is 7.74. The lowest BCUT2D eigenvalue weighted by Gasteiger charge is -2.30. The van der Waals surface area contributed by atoms with E-state index in [0.29, 0.717) is 0 Å². The maximum Gasteiger partial charge on any atom is 0.0367 e. The Morgan fingerprint density at radius 3 is 2.34 bits per heavy atom. The Labute approximate surface area is 237 Å². The zero-order valence-electron chi connectivity index (χ0n) is 25.9. The predicted octanol–water partition coefficient (Wildman–Crippen LogP) is 10.4. The van der Waals surface area contributed by atoms with E-state index in [9.17, 15) is 0 Å². The standard InChI is InChI=1S/C32H45N.C3H8.C2H6/c1-6-12-29-25(18-19-27-17-16-23(4)22-31(27)29)14-10-9-11-15-26-20-21-28(24(5)8-3)32(33)30(26)13-7-2;1-3-2;1-2/h7-8,18-21,23,28,32H,2-3,5-6,9-17,22,33H2,1,4H3;3H2,1-2H3;1-2H3. The summed E-state index contributed by atoms with van der Waals surface area (Å²) in [5, 5.41) is 0. The van der Waals surface area contributed by atoms with Crippen LogP contribution in [0.1, 0.15) is 115 Å². The van der Waals surface area contributed by atoms with Crippen LogP contribution in [0.2, 0.25) is 0 Å². The molecule has 2 aliphatic rings. The van der Waals surface area contributed by atoms with Crippen LogP contribution in [-0.4, -0.2) is 6.04 Å². The summed E-state index contributed by atoms with van der Waals surface area (Å²) in [5.74, 6) is 0.990. The fourth-order valence-corrected chi connectivity index (χ4v) is 5.77. The van der Waals surface area contributed by atoms with Gasteiger partial charge in [0.2, 0.25) is 0 Å². The fourth-order valence-electron chi connectivity index (χ4n) is 5.77. The summed E-state index contributed by atoms with van der Waals surface area (Å²) in [6.07, 6.45) is 22.9. The lowest BCUT2D eigenvalue weighted by molar-refractivity contribution is 0.497. The van der Waals surface area contributed by atoms with Crippen LogP contribution in [0.3, 0.4) is 0 Å². The molecule has 1 aromatic rings. The number of nitrogens with two attached hydrogens (primary N) is 1. The molecule has 0 heterocycles. The van der Waals surface area contributed by atoms with Gasteiger partial charge in [0.25, 0.3) is 0 Å². The van der Waals surface area contributed by atoms with Gasteiger partial charge in [0.05, 0.1) is 0 Å². The van der Waals surface area contributed by atoms with Crippen molar-refractivity contribution in [2.75, 3.05) is 0 Å². The second kappa shape index (κ2) is 19.0. The van der Waals surface area contributed by atoms with E-state index in [1.807, 2.05) is 26.0 Å². The van der Waals surface area contributed by atoms with Crippen LogP contribution in [0.25, 0.3) is 0 Å². The van der Waals surface area contributed by atoms with Crippen molar-refractivity contribution >= 4 is 0 Å². The van der Waals surface area contributed by atoms with E-state index >= 15 is 0 Å². The molecule has 0 saturated carbocycles. The second-order valence-corrected chi connectivity index (χ2v) is 10.9. The summed E-state index contributed by atoms with van der Waals surface area (Å²) in [6, 6.07) is 4.87. The van der Waals surface area contributed by atoms with Gasteiger partial charge in [0, 0.05) is 12.0 Å². The number of unbranched alkanes of at least 4 members (excludes halogenated alkanes) is 2. The highest BCUT2D eigenvalue weighted by Gasteiger charge is 2.25. The van der Waals surface area contributed by atoms with Crippen molar-refractivity contribution in [1.29, 1.82) is 0 Å². The zero-order chi connectivity index (χ0) is 28.5. The average Bonchev–Trinajstić information content (AvgIpc) is 2.92. The number of hydrogen-bond acceptors (Lipinski definition) is 1. The Balaban J connectivity index is 0.00000135. The van der Waals surface area contributed by atoms with Crippen molar-refractivity contribution in [2.45, 2.75) is 125 Å². The van der Waals surface area contributed by atoms with Gasteiger partial charge in [0.15, 0.2) is 0 Å². The summed E-state index contributed by atoms with van der Waals surface area (Å²) in [4.78, 5) is 0. The first-order valence-electron chi connectivity index (χ1n) is 15.6. The molecule has 0 saturated heterocycles. The van der Waals surface area contributed by atoms with E-state index in [1.165, 1.54) is 75.4 Å².